The molecule has 8 nitrogen and oxygen atoms in total. The van der Waals surface area contributed by atoms with Gasteiger partial charge in [-0.3, -0.25) is 14.9 Å². The maximum atomic E-state index is 11.5. The molecule has 0 aliphatic heterocycles. The van der Waals surface area contributed by atoms with Crippen LogP contribution in [-0.4, -0.2) is 43.4 Å². The number of carbonyl (C=O) groups is 4. The summed E-state index contributed by atoms with van der Waals surface area (Å²) in [5.41, 5.74) is 0.530. The summed E-state index contributed by atoms with van der Waals surface area (Å²) < 4.78 is 9.89. The molecule has 0 saturated heterocycles. The second kappa shape index (κ2) is 10.1. The number of carbonyl (C=O) groups excluding carboxylic acids is 4. The lowest BCUT2D eigenvalue weighted by molar-refractivity contribution is -0.150. The Morgan fingerprint density at radius 3 is 2.24 bits per heavy atom. The first kappa shape index (κ1) is 20.1. The summed E-state index contributed by atoms with van der Waals surface area (Å²) in [6, 6.07) is 5.61. The first-order chi connectivity index (χ1) is 11.8. The first-order valence-corrected chi connectivity index (χ1v) is 7.75. The summed E-state index contributed by atoms with van der Waals surface area (Å²) in [5.74, 6) is -0.928. The van der Waals surface area contributed by atoms with Gasteiger partial charge in [0.2, 0.25) is 0 Å². The molecule has 0 atom stereocenters. The van der Waals surface area contributed by atoms with Crippen molar-refractivity contribution in [1.82, 2.24) is 10.6 Å². The Bertz CT molecular complexity index is 625. The minimum absolute atomic E-state index is 0.0746. The number of urea groups is 1. The molecule has 1 aromatic rings. The Hall–Kier alpha value is -2.90. The predicted octanol–water partition coefficient (Wildman–Crippen LogP) is 1.29. The van der Waals surface area contributed by atoms with Crippen LogP contribution in [0.3, 0.4) is 0 Å². The first-order valence-electron chi connectivity index (χ1n) is 7.75. The van der Waals surface area contributed by atoms with E-state index in [0.29, 0.717) is 17.9 Å². The Labute approximate surface area is 145 Å². The van der Waals surface area contributed by atoms with Gasteiger partial charge >= 0.3 is 12.0 Å². The zero-order valence-electron chi connectivity index (χ0n) is 14.5. The molecule has 0 spiro atoms. The lowest BCUT2D eigenvalue weighted by atomic mass is 10.1. The summed E-state index contributed by atoms with van der Waals surface area (Å²) in [7, 11) is 0. The van der Waals surface area contributed by atoms with Crippen molar-refractivity contribution in [2.24, 2.45) is 5.92 Å². The van der Waals surface area contributed by atoms with E-state index in [2.05, 4.69) is 5.32 Å². The second-order valence-corrected chi connectivity index (χ2v) is 5.68. The zero-order valence-corrected chi connectivity index (χ0v) is 14.5. The molecule has 25 heavy (non-hydrogen) atoms. The number of nitrogens with one attached hydrogen (secondary N) is 2. The van der Waals surface area contributed by atoms with E-state index >= 15 is 0 Å². The van der Waals surface area contributed by atoms with Crippen molar-refractivity contribution in [3.63, 3.8) is 0 Å². The SMILES string of the molecule is CC(=O)c1ccc(OCC(=O)OCC(=O)NC(=O)NCC(C)C)cc1. The summed E-state index contributed by atoms with van der Waals surface area (Å²) in [4.78, 5) is 45.5. The molecule has 0 radical (unpaired) electrons. The summed E-state index contributed by atoms with van der Waals surface area (Å²) in [5, 5.41) is 4.54. The molecule has 2 N–H and O–H groups in total. The summed E-state index contributed by atoms with van der Waals surface area (Å²) in [6.07, 6.45) is 0. The number of esters is 1. The van der Waals surface area contributed by atoms with Gasteiger partial charge in [0.1, 0.15) is 5.75 Å². The molecule has 0 aromatic heterocycles. The molecule has 136 valence electrons. The molecule has 8 heteroatoms. The van der Waals surface area contributed by atoms with Gasteiger partial charge in [-0.25, -0.2) is 9.59 Å². The van der Waals surface area contributed by atoms with Crippen LogP contribution in [0.2, 0.25) is 0 Å². The molecule has 0 heterocycles. The van der Waals surface area contributed by atoms with Crippen LogP contribution in [0.4, 0.5) is 4.79 Å². The largest absolute Gasteiger partial charge is 0.482 e. The van der Waals surface area contributed by atoms with E-state index in [9.17, 15) is 19.2 Å². The van der Waals surface area contributed by atoms with Gasteiger partial charge in [-0.2, -0.15) is 0 Å². The molecule has 0 fully saturated rings. The molecular weight excluding hydrogens is 328 g/mol. The van der Waals surface area contributed by atoms with Crippen LogP contribution in [-0.2, 0) is 14.3 Å². The molecular formula is C17H22N2O6. The second-order valence-electron chi connectivity index (χ2n) is 5.68. The van der Waals surface area contributed by atoms with Gasteiger partial charge in [-0.1, -0.05) is 13.8 Å². The maximum Gasteiger partial charge on any atom is 0.344 e. The highest BCUT2D eigenvalue weighted by atomic mass is 16.6. The number of ether oxygens (including phenoxy) is 2. The molecule has 1 rings (SSSR count). The van der Waals surface area contributed by atoms with Gasteiger partial charge in [-0.05, 0) is 37.1 Å². The monoisotopic (exact) mass is 350 g/mol. The number of hydrogen-bond donors (Lipinski definition) is 2. The highest BCUT2D eigenvalue weighted by Gasteiger charge is 2.11. The number of rotatable bonds is 8. The van der Waals surface area contributed by atoms with E-state index in [1.54, 1.807) is 24.3 Å². The van der Waals surface area contributed by atoms with Crippen molar-refractivity contribution in [1.29, 1.82) is 0 Å². The minimum Gasteiger partial charge on any atom is -0.482 e. The van der Waals surface area contributed by atoms with Crippen LogP contribution in [0.1, 0.15) is 31.1 Å². The molecule has 0 aliphatic carbocycles. The molecule has 0 saturated carbocycles. The average molecular weight is 350 g/mol. The highest BCUT2D eigenvalue weighted by molar-refractivity contribution is 5.95. The molecule has 0 unspecified atom stereocenters. The van der Waals surface area contributed by atoms with Gasteiger partial charge in [-0.15, -0.1) is 0 Å². The van der Waals surface area contributed by atoms with Crippen LogP contribution in [0.5, 0.6) is 5.75 Å². The van der Waals surface area contributed by atoms with E-state index in [-0.39, 0.29) is 11.7 Å². The molecule has 3 amide bonds. The number of imide groups is 1. The van der Waals surface area contributed by atoms with Crippen molar-refractivity contribution in [2.75, 3.05) is 19.8 Å². The summed E-state index contributed by atoms with van der Waals surface area (Å²) >= 11 is 0. The van der Waals surface area contributed by atoms with Gasteiger partial charge < -0.3 is 14.8 Å². The van der Waals surface area contributed by atoms with Gasteiger partial charge in [0.25, 0.3) is 5.91 Å². The van der Waals surface area contributed by atoms with E-state index in [0.717, 1.165) is 0 Å². The normalized spacial score (nSPS) is 10.1. The number of ketones is 1. The van der Waals surface area contributed by atoms with E-state index < -0.39 is 31.1 Å². The summed E-state index contributed by atoms with van der Waals surface area (Å²) in [6.45, 7) is 4.72. The minimum atomic E-state index is -0.756. The van der Waals surface area contributed by atoms with Crippen molar-refractivity contribution in [3.05, 3.63) is 29.8 Å². The van der Waals surface area contributed by atoms with E-state index in [1.807, 2.05) is 19.2 Å². The molecule has 0 aliphatic rings. The van der Waals surface area contributed by atoms with Gasteiger partial charge in [0.15, 0.2) is 19.0 Å². The third kappa shape index (κ3) is 8.50. The van der Waals surface area contributed by atoms with Gasteiger partial charge in [0.05, 0.1) is 0 Å². The van der Waals surface area contributed by atoms with Crippen LogP contribution in [0.25, 0.3) is 0 Å². The lowest BCUT2D eigenvalue weighted by Gasteiger charge is -2.09. The lowest BCUT2D eigenvalue weighted by Crippen LogP contribution is -2.42. The highest BCUT2D eigenvalue weighted by Crippen LogP contribution is 2.12. The van der Waals surface area contributed by atoms with Crippen molar-refractivity contribution < 1.29 is 28.7 Å². The Balaban J connectivity index is 2.26. The van der Waals surface area contributed by atoms with Gasteiger partial charge in [0, 0.05) is 12.1 Å². The number of Topliss-reactive ketones (excluding diaryl/α,β-unsaturated/α-hetero) is 1. The fourth-order valence-corrected chi connectivity index (χ4v) is 1.62. The Morgan fingerprint density at radius 1 is 1.04 bits per heavy atom. The third-order valence-corrected chi connectivity index (χ3v) is 2.91. The fraction of sp³-hybridized carbons (Fsp3) is 0.412. The molecule has 0 bridgehead atoms. The fourth-order valence-electron chi connectivity index (χ4n) is 1.62. The maximum absolute atomic E-state index is 11.5. The third-order valence-electron chi connectivity index (χ3n) is 2.91. The average Bonchev–Trinajstić information content (AvgIpc) is 2.56. The van der Waals surface area contributed by atoms with Crippen molar-refractivity contribution in [2.45, 2.75) is 20.8 Å². The molecule has 1 aromatic carbocycles. The van der Waals surface area contributed by atoms with E-state index in [1.165, 1.54) is 6.92 Å². The quantitative estimate of drug-likeness (QED) is 0.540. The van der Waals surface area contributed by atoms with Crippen LogP contribution >= 0.6 is 0 Å². The van der Waals surface area contributed by atoms with Crippen molar-refractivity contribution in [3.8, 4) is 5.75 Å². The predicted molar refractivity (Wildman–Crippen MR) is 89.3 cm³/mol. The smallest absolute Gasteiger partial charge is 0.344 e. The van der Waals surface area contributed by atoms with Crippen LogP contribution in [0.15, 0.2) is 24.3 Å². The standard InChI is InChI=1S/C17H22N2O6/c1-11(2)8-18-17(23)19-15(21)9-25-16(22)10-24-14-6-4-13(5-7-14)12(3)20/h4-7,11H,8-10H2,1-3H3,(H2,18,19,21,23). The Kier molecular flexibility index (Phi) is 8.11. The van der Waals surface area contributed by atoms with E-state index in [4.69, 9.17) is 9.47 Å². The topological polar surface area (TPSA) is 111 Å². The Morgan fingerprint density at radius 2 is 1.68 bits per heavy atom. The number of benzene rings is 1. The van der Waals surface area contributed by atoms with Crippen LogP contribution in [0, 0.1) is 5.92 Å². The number of amides is 3. The van der Waals surface area contributed by atoms with Crippen molar-refractivity contribution >= 4 is 23.7 Å². The van der Waals surface area contributed by atoms with Crippen LogP contribution < -0.4 is 15.4 Å². The number of hydrogen-bond acceptors (Lipinski definition) is 6. The zero-order chi connectivity index (χ0) is 18.8.